The van der Waals surface area contributed by atoms with Gasteiger partial charge < -0.3 is 14.2 Å². The minimum atomic E-state index is -0.661. The number of rotatable bonds is 8. The van der Waals surface area contributed by atoms with Gasteiger partial charge >= 0.3 is 11.9 Å². The lowest BCUT2D eigenvalue weighted by Gasteiger charge is -2.10. The van der Waals surface area contributed by atoms with Crippen LogP contribution in [0.5, 0.6) is 11.5 Å². The predicted octanol–water partition coefficient (Wildman–Crippen LogP) is 6.36. The molecule has 5 nitrogen and oxygen atoms in total. The zero-order valence-corrected chi connectivity index (χ0v) is 18.2. The third kappa shape index (κ3) is 6.04. The first-order chi connectivity index (χ1) is 16.3. The van der Waals surface area contributed by atoms with Gasteiger partial charge in [-0.3, -0.25) is 0 Å². The fourth-order valence-electron chi connectivity index (χ4n) is 2.87. The van der Waals surface area contributed by atoms with Crippen LogP contribution in [0.15, 0.2) is 98.0 Å². The first-order valence-corrected chi connectivity index (χ1v) is 10.0. The van der Waals surface area contributed by atoms with Crippen LogP contribution in [0.3, 0.4) is 0 Å². The molecule has 34 heavy (non-hydrogen) atoms. The summed E-state index contributed by atoms with van der Waals surface area (Å²) in [6, 6.07) is 14.8. The second kappa shape index (κ2) is 10.9. The molecular weight excluding hydrogens is 442 g/mol. The van der Waals surface area contributed by atoms with E-state index < -0.39 is 23.6 Å². The number of carbonyl (C=O) groups excluding carboxylic acids is 2. The molecule has 0 radical (unpaired) electrons. The molecule has 0 N–H and O–H groups in total. The van der Waals surface area contributed by atoms with Crippen LogP contribution in [-0.2, 0) is 14.3 Å². The molecule has 172 valence electrons. The molecule has 0 spiro atoms. The van der Waals surface area contributed by atoms with Gasteiger partial charge in [0.1, 0.15) is 35.7 Å². The maximum absolute atomic E-state index is 14.9. The lowest BCUT2D eigenvalue weighted by atomic mass is 9.99. The average molecular weight is 462 g/mol. The van der Waals surface area contributed by atoms with Crippen molar-refractivity contribution in [2.45, 2.75) is 6.92 Å². The zero-order chi connectivity index (χ0) is 24.7. The second-order valence-electron chi connectivity index (χ2n) is 7.06. The van der Waals surface area contributed by atoms with Crippen LogP contribution in [0.4, 0.5) is 8.78 Å². The van der Waals surface area contributed by atoms with Crippen molar-refractivity contribution in [2.24, 2.45) is 0 Å². The van der Waals surface area contributed by atoms with E-state index in [1.807, 2.05) is 0 Å². The lowest BCUT2D eigenvalue weighted by molar-refractivity contribution is -0.132. The number of esters is 2. The quantitative estimate of drug-likeness (QED) is 0.169. The predicted molar refractivity (Wildman–Crippen MR) is 124 cm³/mol. The third-order valence-electron chi connectivity index (χ3n) is 4.56. The minimum Gasteiger partial charge on any atom is -0.462 e. The topological polar surface area (TPSA) is 61.8 Å². The van der Waals surface area contributed by atoms with E-state index in [0.29, 0.717) is 22.4 Å². The molecule has 0 aromatic heterocycles. The molecule has 0 atom stereocenters. The van der Waals surface area contributed by atoms with Gasteiger partial charge in [-0.15, -0.1) is 0 Å². The van der Waals surface area contributed by atoms with Gasteiger partial charge in [0.25, 0.3) is 0 Å². The number of halogens is 2. The molecule has 0 aliphatic rings. The summed E-state index contributed by atoms with van der Waals surface area (Å²) >= 11 is 0. The van der Waals surface area contributed by atoms with E-state index >= 15 is 0 Å². The second-order valence-corrected chi connectivity index (χ2v) is 7.06. The highest BCUT2D eigenvalue weighted by Gasteiger charge is 2.13. The first kappa shape index (κ1) is 24.1. The highest BCUT2D eigenvalue weighted by atomic mass is 19.1. The molecule has 3 aromatic carbocycles. The Hall–Kier alpha value is -4.52. The van der Waals surface area contributed by atoms with Crippen LogP contribution in [0.1, 0.15) is 6.92 Å². The van der Waals surface area contributed by atoms with E-state index in [1.54, 1.807) is 36.4 Å². The highest BCUT2D eigenvalue weighted by molar-refractivity contribution is 5.88. The van der Waals surface area contributed by atoms with Crippen LogP contribution in [0.2, 0.25) is 0 Å². The largest absolute Gasteiger partial charge is 0.462 e. The summed E-state index contributed by atoms with van der Waals surface area (Å²) in [5, 5.41) is 0. The maximum atomic E-state index is 14.9. The maximum Gasteiger partial charge on any atom is 0.338 e. The van der Waals surface area contributed by atoms with Gasteiger partial charge in [0, 0.05) is 28.8 Å². The summed E-state index contributed by atoms with van der Waals surface area (Å²) in [5.41, 5.74) is 1.58. The first-order valence-electron chi connectivity index (χ1n) is 10.0. The normalized spacial score (nSPS) is 10.6. The Labute approximate surface area is 195 Å². The van der Waals surface area contributed by atoms with E-state index in [-0.39, 0.29) is 16.9 Å². The van der Waals surface area contributed by atoms with E-state index in [4.69, 9.17) is 9.47 Å². The van der Waals surface area contributed by atoms with Gasteiger partial charge in [-0.25, -0.2) is 18.4 Å². The fraction of sp³-hybridized carbons (Fsp3) is 0.0370. The number of hydrogen-bond acceptors (Lipinski definition) is 5. The molecule has 0 heterocycles. The molecule has 3 rings (SSSR count). The molecule has 0 saturated heterocycles. The van der Waals surface area contributed by atoms with Crippen molar-refractivity contribution in [1.82, 2.24) is 0 Å². The van der Waals surface area contributed by atoms with E-state index in [2.05, 4.69) is 17.9 Å². The minimum absolute atomic E-state index is 0.0300. The molecule has 0 saturated carbocycles. The molecule has 0 amide bonds. The molecule has 7 heteroatoms. The van der Waals surface area contributed by atoms with Crippen LogP contribution in [0, 0.1) is 11.6 Å². The Morgan fingerprint density at radius 3 is 2.03 bits per heavy atom. The lowest BCUT2D eigenvalue weighted by Crippen LogP contribution is -2.08. The van der Waals surface area contributed by atoms with E-state index in [0.717, 1.165) is 18.4 Å². The Balaban J connectivity index is 1.74. The Kier molecular flexibility index (Phi) is 7.71. The Morgan fingerprint density at radius 2 is 1.41 bits per heavy atom. The summed E-state index contributed by atoms with van der Waals surface area (Å²) in [6.45, 7) is 8.23. The Morgan fingerprint density at radius 1 is 0.824 bits per heavy atom. The zero-order valence-electron chi connectivity index (χ0n) is 18.2. The standard InChI is InChI=1S/C27H20F2O5/c1-4-26(30)33-14-13-32-20-8-5-18(6-9-20)22-11-7-19(15-24(22)28)23-12-10-21(16-25(23)29)34-27(31)17(2)3/h4-16H,1-2H2,3H3. The SMILES string of the molecule is C=CC(=O)OC=COc1ccc(-c2ccc(-c3ccc(OC(=O)C(=C)C)cc3F)cc2F)cc1. The monoisotopic (exact) mass is 462 g/mol. The number of ether oxygens (including phenoxy) is 3. The average Bonchev–Trinajstić information content (AvgIpc) is 2.82. The van der Waals surface area contributed by atoms with Crippen molar-refractivity contribution in [3.05, 3.63) is 110 Å². The molecule has 0 bridgehead atoms. The summed E-state index contributed by atoms with van der Waals surface area (Å²) in [5.74, 6) is -2.00. The van der Waals surface area contributed by atoms with Crippen LogP contribution < -0.4 is 9.47 Å². The van der Waals surface area contributed by atoms with E-state index in [1.165, 1.54) is 31.4 Å². The van der Waals surface area contributed by atoms with Crippen molar-refractivity contribution < 1.29 is 32.6 Å². The van der Waals surface area contributed by atoms with Gasteiger partial charge in [0.2, 0.25) is 0 Å². The smallest absolute Gasteiger partial charge is 0.338 e. The molecular formula is C27H20F2O5. The summed E-state index contributed by atoms with van der Waals surface area (Å²) in [6.07, 6.45) is 3.28. The summed E-state index contributed by atoms with van der Waals surface area (Å²) < 4.78 is 44.4. The van der Waals surface area contributed by atoms with Crippen LogP contribution in [-0.4, -0.2) is 11.9 Å². The van der Waals surface area contributed by atoms with Gasteiger partial charge in [0.15, 0.2) is 0 Å². The molecule has 0 unspecified atom stereocenters. The van der Waals surface area contributed by atoms with Crippen molar-refractivity contribution in [2.75, 3.05) is 0 Å². The summed E-state index contributed by atoms with van der Waals surface area (Å²) in [7, 11) is 0. The molecule has 0 aliphatic heterocycles. The van der Waals surface area contributed by atoms with Gasteiger partial charge in [0.05, 0.1) is 0 Å². The third-order valence-corrected chi connectivity index (χ3v) is 4.56. The van der Waals surface area contributed by atoms with Crippen molar-refractivity contribution in [3.63, 3.8) is 0 Å². The van der Waals surface area contributed by atoms with Crippen molar-refractivity contribution in [3.8, 4) is 33.8 Å². The number of benzene rings is 3. The number of carbonyl (C=O) groups is 2. The molecule has 3 aromatic rings. The van der Waals surface area contributed by atoms with Crippen LogP contribution >= 0.6 is 0 Å². The van der Waals surface area contributed by atoms with E-state index in [9.17, 15) is 18.4 Å². The molecule has 0 aliphatic carbocycles. The van der Waals surface area contributed by atoms with Gasteiger partial charge in [-0.1, -0.05) is 37.4 Å². The van der Waals surface area contributed by atoms with Crippen LogP contribution in [0.25, 0.3) is 22.3 Å². The highest BCUT2D eigenvalue weighted by Crippen LogP contribution is 2.31. The van der Waals surface area contributed by atoms with Crippen molar-refractivity contribution >= 4 is 11.9 Å². The van der Waals surface area contributed by atoms with Gasteiger partial charge in [-0.2, -0.15) is 0 Å². The van der Waals surface area contributed by atoms with Crippen molar-refractivity contribution in [1.29, 1.82) is 0 Å². The fourth-order valence-corrected chi connectivity index (χ4v) is 2.87. The Bertz CT molecular complexity index is 1280. The molecule has 0 fully saturated rings. The van der Waals surface area contributed by atoms with Gasteiger partial charge in [-0.05, 0) is 48.4 Å². The summed E-state index contributed by atoms with van der Waals surface area (Å²) in [4.78, 5) is 22.5. The number of hydrogen-bond donors (Lipinski definition) is 0.